The number of hydrogen-bond acceptors (Lipinski definition) is 4. The molecule has 1 saturated carbocycles. The molecule has 2 aromatic carbocycles. The third-order valence-corrected chi connectivity index (χ3v) is 7.58. The molecule has 2 fully saturated rings. The fourth-order valence-corrected chi connectivity index (χ4v) is 5.74. The van der Waals surface area contributed by atoms with Crippen LogP contribution in [-0.4, -0.2) is 32.4 Å². The summed E-state index contributed by atoms with van der Waals surface area (Å²) in [7, 11) is 1.87. The highest BCUT2D eigenvalue weighted by Gasteiger charge is 2.33. The van der Waals surface area contributed by atoms with E-state index in [2.05, 4.69) is 14.8 Å². The van der Waals surface area contributed by atoms with Gasteiger partial charge in [-0.1, -0.05) is 25.0 Å². The molecule has 2 aliphatic rings. The van der Waals surface area contributed by atoms with E-state index in [1.807, 2.05) is 25.2 Å². The van der Waals surface area contributed by atoms with E-state index in [1.165, 1.54) is 36.0 Å². The molecule has 1 saturated heterocycles. The highest BCUT2D eigenvalue weighted by Crippen LogP contribution is 2.39. The first kappa shape index (κ1) is 21.5. The van der Waals surface area contributed by atoms with Gasteiger partial charge in [0.1, 0.15) is 17.5 Å². The lowest BCUT2D eigenvalue weighted by molar-refractivity contribution is 0.322. The Morgan fingerprint density at radius 2 is 1.94 bits per heavy atom. The van der Waals surface area contributed by atoms with Gasteiger partial charge >= 0.3 is 0 Å². The lowest BCUT2D eigenvalue weighted by Gasteiger charge is -2.36. The highest BCUT2D eigenvalue weighted by molar-refractivity contribution is 5.81. The smallest absolute Gasteiger partial charge is 0.260 e. The van der Waals surface area contributed by atoms with Gasteiger partial charge in [-0.2, -0.15) is 5.10 Å². The van der Waals surface area contributed by atoms with Gasteiger partial charge in [0.05, 0.1) is 24.0 Å². The van der Waals surface area contributed by atoms with Gasteiger partial charge in [-0.05, 0) is 48.9 Å². The topological polar surface area (TPSA) is 60.3 Å². The number of anilines is 1. The highest BCUT2D eigenvalue weighted by atomic mass is 19.1. The van der Waals surface area contributed by atoms with Crippen LogP contribution >= 0.6 is 0 Å². The van der Waals surface area contributed by atoms with E-state index >= 15 is 0 Å². The Morgan fingerprint density at radius 1 is 1.09 bits per heavy atom. The van der Waals surface area contributed by atoms with Crippen LogP contribution in [0, 0.1) is 24.2 Å². The van der Waals surface area contributed by atoms with Crippen molar-refractivity contribution in [2.45, 2.75) is 25.7 Å². The quantitative estimate of drug-likeness (QED) is 0.393. The van der Waals surface area contributed by atoms with E-state index in [0.29, 0.717) is 28.8 Å². The summed E-state index contributed by atoms with van der Waals surface area (Å²) in [5.74, 6) is 1.77. The maximum atomic E-state index is 14.6. The zero-order valence-electron chi connectivity index (χ0n) is 19.5. The summed E-state index contributed by atoms with van der Waals surface area (Å²) in [6.45, 7) is 8.94. The molecule has 2 aromatic heterocycles. The van der Waals surface area contributed by atoms with Crippen LogP contribution in [-0.2, 0) is 7.05 Å². The van der Waals surface area contributed by atoms with Crippen molar-refractivity contribution in [2.24, 2.45) is 18.9 Å². The van der Waals surface area contributed by atoms with E-state index in [-0.39, 0.29) is 11.2 Å². The van der Waals surface area contributed by atoms with Crippen molar-refractivity contribution in [3.05, 3.63) is 76.2 Å². The first-order valence-corrected chi connectivity index (χ1v) is 12.0. The first-order valence-electron chi connectivity index (χ1n) is 12.0. The van der Waals surface area contributed by atoms with Crippen LogP contribution in [0.15, 0.2) is 53.5 Å². The Bertz CT molecular complexity index is 1550. The number of aryl methyl sites for hydroxylation is 1. The minimum Gasteiger partial charge on any atom is -0.356 e. The van der Waals surface area contributed by atoms with E-state index < -0.39 is 5.82 Å². The monoisotopic (exact) mass is 468 g/mol. The molecule has 6 rings (SSSR count). The third-order valence-electron chi connectivity index (χ3n) is 7.58. The molecule has 0 spiro atoms. The largest absolute Gasteiger partial charge is 0.356 e. The van der Waals surface area contributed by atoms with Crippen molar-refractivity contribution in [3.8, 4) is 17.1 Å². The van der Waals surface area contributed by atoms with Crippen molar-refractivity contribution < 1.29 is 4.39 Å². The molecular formula is C27H25FN6O. The van der Waals surface area contributed by atoms with Crippen LogP contribution in [0.25, 0.3) is 32.8 Å². The average Bonchev–Trinajstić information content (AvgIpc) is 3.49. The number of piperidine rings is 1. The Morgan fingerprint density at radius 3 is 2.77 bits per heavy atom. The molecule has 176 valence electrons. The van der Waals surface area contributed by atoms with Crippen LogP contribution < -0.4 is 10.5 Å². The number of nitrogens with zero attached hydrogens (tertiary/aromatic N) is 6. The van der Waals surface area contributed by atoms with Gasteiger partial charge in [0.25, 0.3) is 5.56 Å². The summed E-state index contributed by atoms with van der Waals surface area (Å²) in [6.07, 6.45) is 6.65. The molecule has 0 N–H and O–H groups in total. The molecule has 2 unspecified atom stereocenters. The predicted molar refractivity (Wildman–Crippen MR) is 133 cm³/mol. The molecule has 35 heavy (non-hydrogen) atoms. The van der Waals surface area contributed by atoms with E-state index in [0.717, 1.165) is 36.3 Å². The summed E-state index contributed by atoms with van der Waals surface area (Å²) in [5.41, 5.74) is 1.75. The predicted octanol–water partition coefficient (Wildman–Crippen LogP) is 5.10. The van der Waals surface area contributed by atoms with E-state index in [1.54, 1.807) is 23.0 Å². The molecule has 4 aromatic rings. The van der Waals surface area contributed by atoms with Crippen LogP contribution in [0.4, 0.5) is 15.9 Å². The summed E-state index contributed by atoms with van der Waals surface area (Å²) in [4.78, 5) is 23.9. The van der Waals surface area contributed by atoms with Crippen molar-refractivity contribution in [3.63, 3.8) is 0 Å². The number of hydrogen-bond donors (Lipinski definition) is 0. The minimum absolute atomic E-state index is 0.0566. The van der Waals surface area contributed by atoms with Crippen molar-refractivity contribution in [2.75, 3.05) is 18.0 Å². The van der Waals surface area contributed by atoms with Gasteiger partial charge in [-0.3, -0.25) is 14.0 Å². The molecule has 3 heterocycles. The Balaban J connectivity index is 1.51. The summed E-state index contributed by atoms with van der Waals surface area (Å²) in [5, 5.41) is 5.19. The summed E-state index contributed by atoms with van der Waals surface area (Å²) < 4.78 is 17.9. The van der Waals surface area contributed by atoms with Gasteiger partial charge in [0.2, 0.25) is 5.69 Å². The molecule has 1 aliphatic carbocycles. The fraction of sp³-hybridized carbons (Fsp3) is 0.333. The zero-order valence-corrected chi connectivity index (χ0v) is 19.5. The summed E-state index contributed by atoms with van der Waals surface area (Å²) in [6, 6.07) is 11.6. The molecule has 2 atom stereocenters. The van der Waals surface area contributed by atoms with Gasteiger partial charge in [-0.25, -0.2) is 14.2 Å². The average molecular weight is 469 g/mol. The normalized spacial score (nSPS) is 19.6. The standard InChI is InChI=1S/C27H25FN6O/c1-29-23-8-6-18(13-22(23)28)27-31-25(33-11-10-17-4-3-5-19(17)16-33)14-26(35)34(27)21-7-9-24-20(12-21)15-30-32(24)2/h6-9,12-15,17,19H,3-5,10-11,16H2,2H3. The SMILES string of the molecule is [C-]#[N+]c1ccc(-c2nc(N3CCC4CCCC4C3)cc(=O)n2-c2ccc3c(cnn3C)c2)cc1F. The second-order valence-electron chi connectivity index (χ2n) is 9.59. The van der Waals surface area contributed by atoms with E-state index in [9.17, 15) is 9.18 Å². The Kier molecular flexibility index (Phi) is 5.14. The Hall–Kier alpha value is -3.99. The first-order chi connectivity index (χ1) is 17.0. The lowest BCUT2D eigenvalue weighted by Crippen LogP contribution is -2.40. The van der Waals surface area contributed by atoms with Gasteiger partial charge in [0.15, 0.2) is 0 Å². The molecule has 0 amide bonds. The fourth-order valence-electron chi connectivity index (χ4n) is 5.74. The molecule has 8 heteroatoms. The third kappa shape index (κ3) is 3.68. The Labute approximate surface area is 202 Å². The van der Waals surface area contributed by atoms with Crippen LogP contribution in [0.3, 0.4) is 0 Å². The molecule has 0 bridgehead atoms. The van der Waals surface area contributed by atoms with Crippen LogP contribution in [0.2, 0.25) is 0 Å². The van der Waals surface area contributed by atoms with Gasteiger partial charge < -0.3 is 4.90 Å². The number of benzene rings is 2. The van der Waals surface area contributed by atoms with E-state index in [4.69, 9.17) is 11.6 Å². The van der Waals surface area contributed by atoms with Gasteiger partial charge in [0, 0.05) is 37.2 Å². The maximum absolute atomic E-state index is 14.6. The maximum Gasteiger partial charge on any atom is 0.260 e. The molecule has 7 nitrogen and oxygen atoms in total. The number of fused-ring (bicyclic) bond motifs is 2. The second kappa shape index (κ2) is 8.35. The zero-order chi connectivity index (χ0) is 24.1. The minimum atomic E-state index is -0.627. The lowest BCUT2D eigenvalue weighted by atomic mass is 9.89. The number of halogens is 1. The number of rotatable bonds is 3. The van der Waals surface area contributed by atoms with Crippen molar-refractivity contribution >= 4 is 22.4 Å². The van der Waals surface area contributed by atoms with Crippen molar-refractivity contribution in [1.82, 2.24) is 19.3 Å². The second-order valence-corrected chi connectivity index (χ2v) is 9.59. The molecule has 1 aliphatic heterocycles. The summed E-state index contributed by atoms with van der Waals surface area (Å²) >= 11 is 0. The van der Waals surface area contributed by atoms with Crippen molar-refractivity contribution in [1.29, 1.82) is 0 Å². The van der Waals surface area contributed by atoms with Crippen LogP contribution in [0.1, 0.15) is 25.7 Å². The molecular weight excluding hydrogens is 443 g/mol. The number of aromatic nitrogens is 4. The molecule has 0 radical (unpaired) electrons. The van der Waals surface area contributed by atoms with Gasteiger partial charge in [-0.15, -0.1) is 0 Å². The van der Waals surface area contributed by atoms with Crippen LogP contribution in [0.5, 0.6) is 0 Å².